The fourth-order valence-electron chi connectivity index (χ4n) is 2.33. The molecule has 4 nitrogen and oxygen atoms in total. The number of hydrogen-bond acceptors (Lipinski definition) is 3. The number of fused-ring (bicyclic) bond motifs is 1. The molecule has 0 radical (unpaired) electrons. The Kier molecular flexibility index (Phi) is 3.33. The Morgan fingerprint density at radius 3 is 2.71 bits per heavy atom. The molecule has 0 fully saturated rings. The maximum absolute atomic E-state index is 10.8. The van der Waals surface area contributed by atoms with Crippen molar-refractivity contribution >= 4 is 5.97 Å². The second-order valence-corrected chi connectivity index (χ2v) is 4.40. The zero-order chi connectivity index (χ0) is 12.4. The number of aliphatic carboxylic acids is 1. The Morgan fingerprint density at radius 2 is 2.12 bits per heavy atom. The van der Waals surface area contributed by atoms with E-state index < -0.39 is 5.97 Å². The van der Waals surface area contributed by atoms with E-state index in [0.717, 1.165) is 24.0 Å². The van der Waals surface area contributed by atoms with Crippen LogP contribution in [0, 0.1) is 0 Å². The van der Waals surface area contributed by atoms with Gasteiger partial charge in [0.1, 0.15) is 5.75 Å². The average molecular weight is 235 g/mol. The minimum absolute atomic E-state index is 0.00213. The summed E-state index contributed by atoms with van der Waals surface area (Å²) in [4.78, 5) is 10.8. The Hall–Kier alpha value is -1.55. The number of carboxylic acid groups (broad SMARTS) is 1. The van der Waals surface area contributed by atoms with E-state index in [-0.39, 0.29) is 12.5 Å². The third-order valence-corrected chi connectivity index (χ3v) is 2.99. The van der Waals surface area contributed by atoms with Crippen LogP contribution in [0.3, 0.4) is 0 Å². The Balaban J connectivity index is 2.36. The molecule has 0 aliphatic heterocycles. The lowest BCUT2D eigenvalue weighted by Gasteiger charge is -2.11. The first-order valence-corrected chi connectivity index (χ1v) is 5.85. The van der Waals surface area contributed by atoms with Gasteiger partial charge in [-0.1, -0.05) is 6.07 Å². The van der Waals surface area contributed by atoms with Gasteiger partial charge in [-0.2, -0.15) is 0 Å². The van der Waals surface area contributed by atoms with Gasteiger partial charge >= 0.3 is 5.97 Å². The molecule has 17 heavy (non-hydrogen) atoms. The van der Waals surface area contributed by atoms with E-state index in [1.165, 1.54) is 5.56 Å². The van der Waals surface area contributed by atoms with Gasteiger partial charge in [-0.05, 0) is 37.0 Å². The summed E-state index contributed by atoms with van der Waals surface area (Å²) in [5.74, 6) is -0.157. The van der Waals surface area contributed by atoms with Gasteiger partial charge in [0.2, 0.25) is 0 Å². The zero-order valence-electron chi connectivity index (χ0n) is 9.90. The summed E-state index contributed by atoms with van der Waals surface area (Å²) in [6, 6.07) is 4.03. The maximum Gasteiger partial charge on any atom is 0.307 e. The second-order valence-electron chi connectivity index (χ2n) is 4.40. The molecule has 1 aliphatic rings. The molecule has 0 heterocycles. The lowest BCUT2D eigenvalue weighted by atomic mass is 10.0. The number of nitrogens with two attached hydrogens (primary N) is 1. The SMILES string of the molecule is CCOc1cc2c(cc1CC(=O)O)CC(N)C2. The molecule has 1 aromatic rings. The summed E-state index contributed by atoms with van der Waals surface area (Å²) in [6.45, 7) is 2.43. The molecule has 0 saturated heterocycles. The lowest BCUT2D eigenvalue weighted by Crippen LogP contribution is -2.18. The van der Waals surface area contributed by atoms with E-state index in [2.05, 4.69) is 0 Å². The molecule has 1 aromatic carbocycles. The highest BCUT2D eigenvalue weighted by molar-refractivity contribution is 5.71. The van der Waals surface area contributed by atoms with Crippen molar-refractivity contribution in [3.63, 3.8) is 0 Å². The normalized spacial score (nSPS) is 17.9. The van der Waals surface area contributed by atoms with Gasteiger partial charge in [-0.25, -0.2) is 0 Å². The fourth-order valence-corrected chi connectivity index (χ4v) is 2.33. The van der Waals surface area contributed by atoms with E-state index in [1.54, 1.807) is 0 Å². The molecule has 0 spiro atoms. The van der Waals surface area contributed by atoms with Crippen LogP contribution in [0.2, 0.25) is 0 Å². The highest BCUT2D eigenvalue weighted by Crippen LogP contribution is 2.30. The van der Waals surface area contributed by atoms with Crippen molar-refractivity contribution in [3.05, 3.63) is 28.8 Å². The van der Waals surface area contributed by atoms with E-state index in [9.17, 15) is 4.79 Å². The van der Waals surface area contributed by atoms with Crippen molar-refractivity contribution in [1.29, 1.82) is 0 Å². The first kappa shape index (κ1) is 11.9. The van der Waals surface area contributed by atoms with Gasteiger partial charge in [0.25, 0.3) is 0 Å². The highest BCUT2D eigenvalue weighted by atomic mass is 16.5. The fraction of sp³-hybridized carbons (Fsp3) is 0.462. The van der Waals surface area contributed by atoms with Crippen molar-refractivity contribution in [1.82, 2.24) is 0 Å². The Bertz CT molecular complexity index is 443. The quantitative estimate of drug-likeness (QED) is 0.820. The third kappa shape index (κ3) is 2.58. The first-order valence-electron chi connectivity index (χ1n) is 5.85. The molecule has 0 bridgehead atoms. The molecule has 4 heteroatoms. The molecule has 1 atom stereocenters. The monoisotopic (exact) mass is 235 g/mol. The van der Waals surface area contributed by atoms with Crippen LogP contribution in [0.4, 0.5) is 0 Å². The number of ether oxygens (including phenoxy) is 1. The van der Waals surface area contributed by atoms with Gasteiger partial charge in [0.15, 0.2) is 0 Å². The number of hydrogen-bond donors (Lipinski definition) is 2. The van der Waals surface area contributed by atoms with Crippen molar-refractivity contribution in [2.24, 2.45) is 5.73 Å². The van der Waals surface area contributed by atoms with Crippen LogP contribution in [0.5, 0.6) is 5.75 Å². The first-order chi connectivity index (χ1) is 8.10. The topological polar surface area (TPSA) is 72.5 Å². The molecule has 2 rings (SSSR count). The molecule has 1 aliphatic carbocycles. The van der Waals surface area contributed by atoms with Gasteiger partial charge < -0.3 is 15.6 Å². The molecule has 0 amide bonds. The molecular formula is C13H17NO3. The maximum atomic E-state index is 10.8. The summed E-state index contributed by atoms with van der Waals surface area (Å²) in [7, 11) is 0. The summed E-state index contributed by atoms with van der Waals surface area (Å²) < 4.78 is 5.49. The Morgan fingerprint density at radius 1 is 1.47 bits per heavy atom. The summed E-state index contributed by atoms with van der Waals surface area (Å²) in [5.41, 5.74) is 9.00. The predicted octanol–water partition coefficient (Wildman–Crippen LogP) is 1.14. The zero-order valence-corrected chi connectivity index (χ0v) is 9.90. The van der Waals surface area contributed by atoms with E-state index >= 15 is 0 Å². The average Bonchev–Trinajstić information content (AvgIpc) is 2.57. The van der Waals surface area contributed by atoms with Gasteiger partial charge in [0, 0.05) is 11.6 Å². The third-order valence-electron chi connectivity index (χ3n) is 2.99. The van der Waals surface area contributed by atoms with Crippen LogP contribution in [-0.2, 0) is 24.1 Å². The van der Waals surface area contributed by atoms with Gasteiger partial charge in [0.05, 0.1) is 13.0 Å². The molecule has 3 N–H and O–H groups in total. The minimum Gasteiger partial charge on any atom is -0.494 e. The standard InChI is InChI=1S/C13H17NO3/c1-2-17-12-6-9-5-11(14)4-8(9)3-10(12)7-13(15)16/h3,6,11H,2,4-5,7,14H2,1H3,(H,15,16). The van der Waals surface area contributed by atoms with Crippen molar-refractivity contribution in [2.45, 2.75) is 32.2 Å². The number of carboxylic acids is 1. The van der Waals surface area contributed by atoms with Crippen LogP contribution < -0.4 is 10.5 Å². The molecule has 0 aromatic heterocycles. The van der Waals surface area contributed by atoms with Crippen molar-refractivity contribution in [2.75, 3.05) is 6.61 Å². The molecule has 0 saturated carbocycles. The Labute approximate surface area is 100 Å². The smallest absolute Gasteiger partial charge is 0.307 e. The number of rotatable bonds is 4. The molecular weight excluding hydrogens is 218 g/mol. The van der Waals surface area contributed by atoms with Crippen molar-refractivity contribution in [3.8, 4) is 5.75 Å². The van der Waals surface area contributed by atoms with Crippen LogP contribution >= 0.6 is 0 Å². The van der Waals surface area contributed by atoms with Gasteiger partial charge in [-0.15, -0.1) is 0 Å². The minimum atomic E-state index is -0.840. The van der Waals surface area contributed by atoms with E-state index in [0.29, 0.717) is 12.4 Å². The summed E-state index contributed by atoms with van der Waals surface area (Å²) in [5, 5.41) is 8.88. The van der Waals surface area contributed by atoms with Gasteiger partial charge in [-0.3, -0.25) is 4.79 Å². The van der Waals surface area contributed by atoms with E-state index in [4.69, 9.17) is 15.6 Å². The second kappa shape index (κ2) is 4.75. The highest BCUT2D eigenvalue weighted by Gasteiger charge is 2.21. The van der Waals surface area contributed by atoms with Crippen LogP contribution in [0.25, 0.3) is 0 Å². The number of carbonyl (C=O) groups is 1. The molecule has 92 valence electrons. The molecule has 1 unspecified atom stereocenters. The van der Waals surface area contributed by atoms with Crippen LogP contribution in [0.1, 0.15) is 23.6 Å². The number of benzene rings is 1. The predicted molar refractivity (Wildman–Crippen MR) is 64.3 cm³/mol. The lowest BCUT2D eigenvalue weighted by molar-refractivity contribution is -0.136. The van der Waals surface area contributed by atoms with E-state index in [1.807, 2.05) is 19.1 Å². The summed E-state index contributed by atoms with van der Waals surface area (Å²) >= 11 is 0. The summed E-state index contributed by atoms with van der Waals surface area (Å²) in [6.07, 6.45) is 1.68. The van der Waals surface area contributed by atoms with Crippen molar-refractivity contribution < 1.29 is 14.6 Å². The van der Waals surface area contributed by atoms with Crippen LogP contribution in [0.15, 0.2) is 12.1 Å². The largest absolute Gasteiger partial charge is 0.494 e. The van der Waals surface area contributed by atoms with Crippen LogP contribution in [-0.4, -0.2) is 23.7 Å².